The highest BCUT2D eigenvalue weighted by Crippen LogP contribution is 2.29. The lowest BCUT2D eigenvalue weighted by atomic mass is 10.1. The van der Waals surface area contributed by atoms with Gasteiger partial charge in [0.15, 0.2) is 0 Å². The summed E-state index contributed by atoms with van der Waals surface area (Å²) in [5.41, 5.74) is 0.682. The SMILES string of the molecule is CNC1(C)CS(=O)C1.O=Cc1ccc2c(c1)c(CC(F)(F)F)nn2-c1cccc(OC(F)F)c1. The first kappa shape index (κ1) is 25.8. The highest BCUT2D eigenvalue weighted by molar-refractivity contribution is 7.86. The van der Waals surface area contributed by atoms with Gasteiger partial charge < -0.3 is 10.1 Å². The summed E-state index contributed by atoms with van der Waals surface area (Å²) in [4.78, 5) is 10.9. The predicted octanol–water partition coefficient (Wildman–Crippen LogP) is 4.27. The quantitative estimate of drug-likeness (QED) is 0.402. The molecule has 6 nitrogen and oxygen atoms in total. The number of hydrogen-bond donors (Lipinski definition) is 1. The number of hydrogen-bond acceptors (Lipinski definition) is 5. The molecule has 34 heavy (non-hydrogen) atoms. The Morgan fingerprint density at radius 2 is 1.94 bits per heavy atom. The molecule has 1 N–H and O–H groups in total. The van der Waals surface area contributed by atoms with E-state index in [1.54, 1.807) is 0 Å². The second kappa shape index (κ2) is 10.2. The largest absolute Gasteiger partial charge is 0.435 e. The molecule has 0 aliphatic carbocycles. The fourth-order valence-electron chi connectivity index (χ4n) is 3.39. The molecular formula is C22H22F5N3O3S. The molecule has 1 aliphatic heterocycles. The lowest BCUT2D eigenvalue weighted by Gasteiger charge is -2.36. The Labute approximate surface area is 194 Å². The van der Waals surface area contributed by atoms with E-state index in [4.69, 9.17) is 0 Å². The smallest absolute Gasteiger partial charge is 0.394 e. The highest BCUT2D eigenvalue weighted by atomic mass is 32.2. The zero-order valence-electron chi connectivity index (χ0n) is 18.2. The maximum atomic E-state index is 12.8. The lowest BCUT2D eigenvalue weighted by Crippen LogP contribution is -2.58. The summed E-state index contributed by atoms with van der Waals surface area (Å²) < 4.78 is 79.4. The van der Waals surface area contributed by atoms with E-state index in [-0.39, 0.29) is 33.6 Å². The van der Waals surface area contributed by atoms with Crippen molar-refractivity contribution in [1.82, 2.24) is 15.1 Å². The van der Waals surface area contributed by atoms with Gasteiger partial charge in [-0.25, -0.2) is 4.68 Å². The number of rotatable bonds is 6. The molecule has 2 aromatic carbocycles. The van der Waals surface area contributed by atoms with Gasteiger partial charge in [0.25, 0.3) is 0 Å². The van der Waals surface area contributed by atoms with Crippen molar-refractivity contribution in [2.75, 3.05) is 18.6 Å². The lowest BCUT2D eigenvalue weighted by molar-refractivity contribution is -0.127. The molecule has 0 bridgehead atoms. The van der Waals surface area contributed by atoms with E-state index in [9.17, 15) is 31.0 Å². The number of carbonyl (C=O) groups excluding carboxylic acids is 1. The van der Waals surface area contributed by atoms with Gasteiger partial charge >= 0.3 is 12.8 Å². The molecule has 1 fully saturated rings. The van der Waals surface area contributed by atoms with Gasteiger partial charge in [-0.3, -0.25) is 9.00 Å². The highest BCUT2D eigenvalue weighted by Gasteiger charge is 2.36. The van der Waals surface area contributed by atoms with Crippen molar-refractivity contribution in [2.45, 2.75) is 31.7 Å². The Kier molecular flexibility index (Phi) is 7.71. The first-order chi connectivity index (χ1) is 15.9. The summed E-state index contributed by atoms with van der Waals surface area (Å²) >= 11 is 0. The first-order valence-corrected chi connectivity index (χ1v) is 11.5. The minimum absolute atomic E-state index is 0.150. The summed E-state index contributed by atoms with van der Waals surface area (Å²) in [5, 5.41) is 7.25. The number of aromatic nitrogens is 2. The number of benzene rings is 2. The zero-order chi connectivity index (χ0) is 25.1. The van der Waals surface area contributed by atoms with E-state index >= 15 is 0 Å². The molecule has 0 atom stereocenters. The third-order valence-electron chi connectivity index (χ3n) is 5.13. The second-order valence-corrected chi connectivity index (χ2v) is 9.42. The van der Waals surface area contributed by atoms with Crippen molar-refractivity contribution in [2.24, 2.45) is 0 Å². The molecule has 0 unspecified atom stereocenters. The molecule has 184 valence electrons. The normalized spacial score (nSPS) is 19.9. The van der Waals surface area contributed by atoms with E-state index in [1.165, 1.54) is 47.1 Å². The van der Waals surface area contributed by atoms with Gasteiger partial charge in [-0.1, -0.05) is 6.07 Å². The second-order valence-electron chi connectivity index (χ2n) is 7.96. The molecule has 0 saturated carbocycles. The van der Waals surface area contributed by atoms with Crippen molar-refractivity contribution >= 4 is 28.0 Å². The molecule has 1 aliphatic rings. The molecule has 0 amide bonds. The maximum absolute atomic E-state index is 12.8. The summed E-state index contributed by atoms with van der Waals surface area (Å²) in [7, 11) is 1.39. The van der Waals surface area contributed by atoms with Crippen molar-refractivity contribution in [1.29, 1.82) is 0 Å². The summed E-state index contributed by atoms with van der Waals surface area (Å²) in [6.45, 7) is -0.940. The number of nitrogens with zero attached hydrogens (tertiary/aromatic N) is 2. The standard InChI is InChI=1S/C17H11F5N2O2.C5H11NOS/c18-16(19)26-12-3-1-2-11(7-12)24-15-5-4-10(9-25)6-13(15)14(23-24)8-17(20,21)22;1-5(6-2)3-8(7)4-5/h1-7,9,16H,8H2;6H,3-4H2,1-2H3. The third-order valence-corrected chi connectivity index (χ3v) is 7.05. The van der Waals surface area contributed by atoms with E-state index < -0.39 is 30.0 Å². The average molecular weight is 503 g/mol. The fraction of sp³-hybridized carbons (Fsp3) is 0.364. The Hall–Kier alpha value is -2.86. The van der Waals surface area contributed by atoms with Crippen LogP contribution in [0.4, 0.5) is 22.0 Å². The first-order valence-electron chi connectivity index (χ1n) is 10.1. The number of nitrogens with one attached hydrogen (secondary N) is 1. The van der Waals surface area contributed by atoms with E-state index in [1.807, 2.05) is 7.05 Å². The van der Waals surface area contributed by atoms with Gasteiger partial charge in [-0.2, -0.15) is 27.1 Å². The maximum Gasteiger partial charge on any atom is 0.394 e. The fourth-order valence-corrected chi connectivity index (χ4v) is 5.02. The van der Waals surface area contributed by atoms with Crippen LogP contribution in [-0.4, -0.2) is 57.2 Å². The van der Waals surface area contributed by atoms with Gasteiger partial charge in [0.1, 0.15) is 12.0 Å². The van der Waals surface area contributed by atoms with Crippen molar-refractivity contribution < 1.29 is 35.7 Å². The molecular weight excluding hydrogens is 481 g/mol. The van der Waals surface area contributed by atoms with Crippen LogP contribution in [0.1, 0.15) is 23.0 Å². The minimum atomic E-state index is -4.50. The van der Waals surface area contributed by atoms with Crippen LogP contribution in [0, 0.1) is 0 Å². The Morgan fingerprint density at radius 1 is 1.24 bits per heavy atom. The molecule has 3 aromatic rings. The average Bonchev–Trinajstić information content (AvgIpc) is 3.09. The van der Waals surface area contributed by atoms with Crippen molar-refractivity contribution in [3.8, 4) is 11.4 Å². The van der Waals surface area contributed by atoms with Crippen LogP contribution in [0.5, 0.6) is 5.75 Å². The van der Waals surface area contributed by atoms with Crippen molar-refractivity contribution in [3.63, 3.8) is 0 Å². The van der Waals surface area contributed by atoms with Crippen LogP contribution in [-0.2, 0) is 17.2 Å². The Morgan fingerprint density at radius 3 is 2.47 bits per heavy atom. The number of aldehydes is 1. The van der Waals surface area contributed by atoms with Crippen molar-refractivity contribution in [3.05, 3.63) is 53.7 Å². The van der Waals surface area contributed by atoms with Gasteiger partial charge in [-0.15, -0.1) is 0 Å². The van der Waals surface area contributed by atoms with Crippen LogP contribution in [0.3, 0.4) is 0 Å². The van der Waals surface area contributed by atoms with E-state index in [0.717, 1.165) is 11.5 Å². The number of halogens is 5. The number of carbonyl (C=O) groups is 1. The van der Waals surface area contributed by atoms with Crippen LogP contribution < -0.4 is 10.1 Å². The van der Waals surface area contributed by atoms with E-state index in [2.05, 4.69) is 22.1 Å². The molecule has 2 heterocycles. The van der Waals surface area contributed by atoms with Gasteiger partial charge in [0.05, 0.1) is 23.3 Å². The minimum Gasteiger partial charge on any atom is -0.435 e. The third kappa shape index (κ3) is 6.38. The van der Waals surface area contributed by atoms with Crippen LogP contribution in [0.25, 0.3) is 16.6 Å². The molecule has 1 saturated heterocycles. The van der Waals surface area contributed by atoms with Crippen LogP contribution in [0.15, 0.2) is 42.5 Å². The van der Waals surface area contributed by atoms with Gasteiger partial charge in [0, 0.05) is 44.9 Å². The molecule has 0 radical (unpaired) electrons. The topological polar surface area (TPSA) is 73.2 Å². The predicted molar refractivity (Wildman–Crippen MR) is 118 cm³/mol. The van der Waals surface area contributed by atoms with Gasteiger partial charge in [-0.05, 0) is 44.3 Å². The summed E-state index contributed by atoms with van der Waals surface area (Å²) in [6.07, 6.45) is -5.26. The Bertz CT molecular complexity index is 1190. The Balaban J connectivity index is 0.000000343. The zero-order valence-corrected chi connectivity index (χ0v) is 19.1. The number of ether oxygens (including phenoxy) is 1. The monoisotopic (exact) mass is 503 g/mol. The molecule has 1 aromatic heterocycles. The summed E-state index contributed by atoms with van der Waals surface area (Å²) in [5.74, 6) is 1.50. The number of alkyl halides is 5. The number of fused-ring (bicyclic) bond motifs is 1. The van der Waals surface area contributed by atoms with E-state index in [0.29, 0.717) is 11.8 Å². The van der Waals surface area contributed by atoms with Gasteiger partial charge in [0.2, 0.25) is 0 Å². The molecule has 0 spiro atoms. The van der Waals surface area contributed by atoms with Crippen LogP contribution >= 0.6 is 0 Å². The molecule has 4 rings (SSSR count). The molecule has 12 heteroatoms. The van der Waals surface area contributed by atoms with Crippen LogP contribution in [0.2, 0.25) is 0 Å². The summed E-state index contributed by atoms with van der Waals surface area (Å²) in [6, 6.07) is 9.65.